The lowest BCUT2D eigenvalue weighted by Crippen LogP contribution is -2.41. The van der Waals surface area contributed by atoms with Crippen LogP contribution < -0.4 is 10.6 Å². The fourth-order valence-corrected chi connectivity index (χ4v) is 1.59. The zero-order valence-electron chi connectivity index (χ0n) is 11.3. The Kier molecular flexibility index (Phi) is 6.60. The number of amides is 2. The average molecular weight is 264 g/mol. The second-order valence-corrected chi connectivity index (χ2v) is 4.21. The Balaban J connectivity index is 2.35. The van der Waals surface area contributed by atoms with Crippen molar-refractivity contribution in [2.45, 2.75) is 19.4 Å². The molecular weight excluding hydrogens is 244 g/mol. The molecule has 0 aliphatic rings. The predicted octanol–water partition coefficient (Wildman–Crippen LogP) is 1.02. The van der Waals surface area contributed by atoms with E-state index in [1.807, 2.05) is 37.3 Å². The summed E-state index contributed by atoms with van der Waals surface area (Å²) in [4.78, 5) is 23.1. The van der Waals surface area contributed by atoms with E-state index in [-0.39, 0.29) is 6.04 Å². The molecule has 19 heavy (non-hydrogen) atoms. The lowest BCUT2D eigenvalue weighted by molar-refractivity contribution is -0.139. The van der Waals surface area contributed by atoms with E-state index >= 15 is 0 Å². The van der Waals surface area contributed by atoms with Crippen LogP contribution in [-0.4, -0.2) is 32.1 Å². The Morgan fingerprint density at radius 2 is 1.89 bits per heavy atom. The number of ether oxygens (including phenoxy) is 1. The number of nitrogens with one attached hydrogen (secondary N) is 2. The first kappa shape index (κ1) is 15.2. The van der Waals surface area contributed by atoms with Crippen molar-refractivity contribution in [1.82, 2.24) is 10.6 Å². The zero-order valence-corrected chi connectivity index (χ0v) is 11.3. The van der Waals surface area contributed by atoms with Gasteiger partial charge in [-0.15, -0.1) is 0 Å². The smallest absolute Gasteiger partial charge is 0.309 e. The molecule has 1 rings (SSSR count). The van der Waals surface area contributed by atoms with Crippen molar-refractivity contribution in [2.75, 3.05) is 20.3 Å². The van der Waals surface area contributed by atoms with Crippen molar-refractivity contribution in [3.05, 3.63) is 35.9 Å². The Hall–Kier alpha value is -1.88. The summed E-state index contributed by atoms with van der Waals surface area (Å²) >= 11 is 0. The third-order valence-electron chi connectivity index (χ3n) is 2.66. The molecule has 0 fully saturated rings. The van der Waals surface area contributed by atoms with Crippen LogP contribution in [0.1, 0.15) is 24.9 Å². The van der Waals surface area contributed by atoms with Crippen molar-refractivity contribution in [1.29, 1.82) is 0 Å². The van der Waals surface area contributed by atoms with Crippen molar-refractivity contribution in [3.63, 3.8) is 0 Å². The maximum absolute atomic E-state index is 11.6. The summed E-state index contributed by atoms with van der Waals surface area (Å²) in [6, 6.07) is 9.30. The summed E-state index contributed by atoms with van der Waals surface area (Å²) < 4.78 is 4.85. The number of carbonyl (C=O) groups excluding carboxylic acids is 2. The van der Waals surface area contributed by atoms with E-state index in [1.165, 1.54) is 0 Å². The van der Waals surface area contributed by atoms with Crippen molar-refractivity contribution >= 4 is 11.8 Å². The first-order chi connectivity index (χ1) is 9.15. The molecule has 0 aromatic heterocycles. The largest absolute Gasteiger partial charge is 0.385 e. The number of hydrogen-bond acceptors (Lipinski definition) is 3. The first-order valence-electron chi connectivity index (χ1n) is 6.27. The van der Waals surface area contributed by atoms with Gasteiger partial charge in [0.25, 0.3) is 0 Å². The van der Waals surface area contributed by atoms with Crippen molar-refractivity contribution in [3.8, 4) is 0 Å². The number of methoxy groups -OCH3 is 1. The van der Waals surface area contributed by atoms with Crippen LogP contribution in [0, 0.1) is 0 Å². The summed E-state index contributed by atoms with van der Waals surface area (Å²) in [5, 5.41) is 5.20. The molecule has 0 aliphatic carbocycles. The molecular formula is C14H20N2O3. The molecule has 0 radical (unpaired) electrons. The second-order valence-electron chi connectivity index (χ2n) is 4.21. The number of benzene rings is 1. The van der Waals surface area contributed by atoms with Crippen LogP contribution >= 0.6 is 0 Å². The molecule has 0 unspecified atom stereocenters. The molecule has 0 spiro atoms. The molecule has 1 aromatic rings. The van der Waals surface area contributed by atoms with Crippen LogP contribution in [0.3, 0.4) is 0 Å². The molecule has 0 aliphatic heterocycles. The van der Waals surface area contributed by atoms with Gasteiger partial charge in [-0.05, 0) is 18.9 Å². The van der Waals surface area contributed by atoms with E-state index in [4.69, 9.17) is 4.74 Å². The molecule has 2 amide bonds. The SMILES string of the molecule is COCCCNC(=O)C(=O)N[C@H](C)c1ccccc1. The van der Waals surface area contributed by atoms with E-state index in [9.17, 15) is 9.59 Å². The minimum Gasteiger partial charge on any atom is -0.385 e. The van der Waals surface area contributed by atoms with E-state index < -0.39 is 11.8 Å². The second kappa shape index (κ2) is 8.26. The third-order valence-corrected chi connectivity index (χ3v) is 2.66. The van der Waals surface area contributed by atoms with Gasteiger partial charge in [0.1, 0.15) is 0 Å². The molecule has 5 nitrogen and oxygen atoms in total. The van der Waals surface area contributed by atoms with Gasteiger partial charge in [-0.1, -0.05) is 30.3 Å². The molecule has 1 aromatic carbocycles. The number of carbonyl (C=O) groups is 2. The monoisotopic (exact) mass is 264 g/mol. The Morgan fingerprint density at radius 1 is 1.21 bits per heavy atom. The fourth-order valence-electron chi connectivity index (χ4n) is 1.59. The van der Waals surface area contributed by atoms with Crippen LogP contribution in [-0.2, 0) is 14.3 Å². The molecule has 104 valence electrons. The summed E-state index contributed by atoms with van der Waals surface area (Å²) in [7, 11) is 1.59. The van der Waals surface area contributed by atoms with Crippen molar-refractivity contribution < 1.29 is 14.3 Å². The Labute approximate surface area is 113 Å². The highest BCUT2D eigenvalue weighted by molar-refractivity contribution is 6.35. The standard InChI is InChI=1S/C14H20N2O3/c1-11(12-7-4-3-5-8-12)16-14(18)13(17)15-9-6-10-19-2/h3-5,7-8,11H,6,9-10H2,1-2H3,(H,15,17)(H,16,18)/t11-/m1/s1. The number of rotatable bonds is 6. The average Bonchev–Trinajstić information content (AvgIpc) is 2.44. The van der Waals surface area contributed by atoms with Gasteiger partial charge in [0.15, 0.2) is 0 Å². The first-order valence-corrected chi connectivity index (χ1v) is 6.27. The highest BCUT2D eigenvalue weighted by Gasteiger charge is 2.16. The topological polar surface area (TPSA) is 67.4 Å². The summed E-state index contributed by atoms with van der Waals surface area (Å²) in [5.74, 6) is -1.23. The molecule has 0 saturated heterocycles. The van der Waals surface area contributed by atoms with Gasteiger partial charge >= 0.3 is 11.8 Å². The summed E-state index contributed by atoms with van der Waals surface area (Å²) in [6.07, 6.45) is 0.684. The maximum Gasteiger partial charge on any atom is 0.309 e. The number of hydrogen-bond donors (Lipinski definition) is 2. The summed E-state index contributed by atoms with van der Waals surface area (Å²) in [6.45, 7) is 2.83. The van der Waals surface area contributed by atoms with E-state index in [0.717, 1.165) is 5.56 Å². The summed E-state index contributed by atoms with van der Waals surface area (Å²) in [5.41, 5.74) is 0.961. The lowest BCUT2D eigenvalue weighted by atomic mass is 10.1. The zero-order chi connectivity index (χ0) is 14.1. The minimum atomic E-state index is -0.617. The molecule has 0 saturated carbocycles. The fraction of sp³-hybridized carbons (Fsp3) is 0.429. The third kappa shape index (κ3) is 5.52. The van der Waals surface area contributed by atoms with Crippen LogP contribution in [0.4, 0.5) is 0 Å². The highest BCUT2D eigenvalue weighted by atomic mass is 16.5. The predicted molar refractivity (Wildman–Crippen MR) is 72.5 cm³/mol. The van der Waals surface area contributed by atoms with Crippen molar-refractivity contribution in [2.24, 2.45) is 0 Å². The normalized spacial score (nSPS) is 11.7. The minimum absolute atomic E-state index is 0.196. The Bertz CT molecular complexity index is 406. The van der Waals surface area contributed by atoms with Crippen LogP contribution in [0.25, 0.3) is 0 Å². The van der Waals surface area contributed by atoms with Crippen LogP contribution in [0.5, 0.6) is 0 Å². The van der Waals surface area contributed by atoms with Gasteiger partial charge in [-0.2, -0.15) is 0 Å². The van der Waals surface area contributed by atoms with Crippen LogP contribution in [0.2, 0.25) is 0 Å². The van der Waals surface area contributed by atoms with Gasteiger partial charge in [-0.3, -0.25) is 9.59 Å². The Morgan fingerprint density at radius 3 is 2.53 bits per heavy atom. The quantitative estimate of drug-likeness (QED) is 0.595. The van der Waals surface area contributed by atoms with Gasteiger partial charge in [0.05, 0.1) is 6.04 Å². The highest BCUT2D eigenvalue weighted by Crippen LogP contribution is 2.10. The molecule has 0 heterocycles. The maximum atomic E-state index is 11.6. The van der Waals surface area contributed by atoms with E-state index in [2.05, 4.69) is 10.6 Å². The molecule has 0 bridgehead atoms. The van der Waals surface area contributed by atoms with Crippen LogP contribution in [0.15, 0.2) is 30.3 Å². The van der Waals surface area contributed by atoms with Gasteiger partial charge in [0.2, 0.25) is 0 Å². The molecule has 5 heteroatoms. The van der Waals surface area contributed by atoms with Gasteiger partial charge in [0, 0.05) is 20.3 Å². The molecule has 2 N–H and O–H groups in total. The lowest BCUT2D eigenvalue weighted by Gasteiger charge is -2.13. The van der Waals surface area contributed by atoms with E-state index in [1.54, 1.807) is 7.11 Å². The van der Waals surface area contributed by atoms with E-state index in [0.29, 0.717) is 19.6 Å². The molecule has 1 atom stereocenters. The van der Waals surface area contributed by atoms with Gasteiger partial charge < -0.3 is 15.4 Å². The van der Waals surface area contributed by atoms with Gasteiger partial charge in [-0.25, -0.2) is 0 Å².